The summed E-state index contributed by atoms with van der Waals surface area (Å²) < 4.78 is 0.210. The summed E-state index contributed by atoms with van der Waals surface area (Å²) >= 11 is 0. The van der Waals surface area contributed by atoms with Gasteiger partial charge in [-0.3, -0.25) is 5.32 Å². The standard InChI is InChI=1S/C20H36N2O3/c1-3-4-5-6-7-8-9-10-11-12-18(17-19(23)24)13-15-22(2)16-14-21-20(22)25/h14,16,18H,3-13,15,17H2,1-2H3,(H-,21,23,24,25). The quantitative estimate of drug-likeness (QED) is 0.361. The summed E-state index contributed by atoms with van der Waals surface area (Å²) in [5.41, 5.74) is 0. The number of hydrogen-bond donors (Lipinski definition) is 1. The zero-order valence-electron chi connectivity index (χ0n) is 16.1. The molecule has 1 rings (SSSR count). The minimum Gasteiger partial charge on any atom is -0.550 e. The Labute approximate surface area is 153 Å². The molecule has 0 saturated heterocycles. The monoisotopic (exact) mass is 352 g/mol. The van der Waals surface area contributed by atoms with Gasteiger partial charge in [-0.15, -0.1) is 0 Å². The molecular formula is C20H36N2O3. The van der Waals surface area contributed by atoms with E-state index in [-0.39, 0.29) is 22.9 Å². The summed E-state index contributed by atoms with van der Waals surface area (Å²) in [7, 11) is 1.85. The summed E-state index contributed by atoms with van der Waals surface area (Å²) in [6, 6.07) is -0.0460. The van der Waals surface area contributed by atoms with E-state index < -0.39 is 5.97 Å². The summed E-state index contributed by atoms with van der Waals surface area (Å²) in [5, 5.41) is 13.7. The zero-order chi connectivity index (χ0) is 18.5. The highest BCUT2D eigenvalue weighted by Gasteiger charge is 2.33. The van der Waals surface area contributed by atoms with Crippen LogP contribution in [0.2, 0.25) is 0 Å². The Hall–Kier alpha value is -1.36. The number of carbonyl (C=O) groups excluding carboxylic acids is 2. The zero-order valence-corrected chi connectivity index (χ0v) is 16.1. The van der Waals surface area contributed by atoms with Crippen LogP contribution < -0.4 is 10.4 Å². The molecule has 1 heterocycles. The largest absolute Gasteiger partial charge is 0.550 e. The van der Waals surface area contributed by atoms with Crippen LogP contribution >= 0.6 is 0 Å². The average Bonchev–Trinajstić information content (AvgIpc) is 2.90. The van der Waals surface area contributed by atoms with Gasteiger partial charge in [-0.1, -0.05) is 64.7 Å². The van der Waals surface area contributed by atoms with Gasteiger partial charge >= 0.3 is 6.03 Å². The molecule has 0 spiro atoms. The molecule has 0 aliphatic carbocycles. The van der Waals surface area contributed by atoms with Crippen LogP contribution in [0.15, 0.2) is 12.4 Å². The van der Waals surface area contributed by atoms with Gasteiger partial charge in [-0.05, 0) is 18.8 Å². The van der Waals surface area contributed by atoms with Crippen molar-refractivity contribution >= 4 is 12.0 Å². The van der Waals surface area contributed by atoms with Gasteiger partial charge in [0.25, 0.3) is 0 Å². The maximum absolute atomic E-state index is 11.8. The Bertz CT molecular complexity index is 437. The van der Waals surface area contributed by atoms with E-state index in [0.29, 0.717) is 6.54 Å². The topological polar surface area (TPSA) is 69.2 Å². The molecule has 5 nitrogen and oxygen atoms in total. The molecule has 1 N–H and O–H groups in total. The molecule has 1 aliphatic rings. The number of rotatable bonds is 15. The fourth-order valence-electron chi connectivity index (χ4n) is 3.44. The summed E-state index contributed by atoms with van der Waals surface area (Å²) in [6.07, 6.45) is 16.6. The minimum atomic E-state index is -0.981. The summed E-state index contributed by atoms with van der Waals surface area (Å²) in [6.45, 7) is 2.87. The number of carbonyl (C=O) groups is 2. The van der Waals surface area contributed by atoms with Gasteiger partial charge in [-0.25, -0.2) is 9.28 Å². The number of carboxylic acids is 1. The Kier molecular flexibility index (Phi) is 10.5. The van der Waals surface area contributed by atoms with Crippen molar-refractivity contribution in [1.82, 2.24) is 5.32 Å². The Morgan fingerprint density at radius 1 is 1.08 bits per heavy atom. The molecule has 2 unspecified atom stereocenters. The van der Waals surface area contributed by atoms with Gasteiger partial charge in [-0.2, -0.15) is 0 Å². The van der Waals surface area contributed by atoms with Crippen molar-refractivity contribution in [2.24, 2.45) is 5.92 Å². The lowest BCUT2D eigenvalue weighted by atomic mass is 9.93. The van der Waals surface area contributed by atoms with E-state index in [1.165, 1.54) is 51.4 Å². The van der Waals surface area contributed by atoms with Gasteiger partial charge in [0.2, 0.25) is 0 Å². The Morgan fingerprint density at radius 2 is 1.68 bits per heavy atom. The molecule has 144 valence electrons. The van der Waals surface area contributed by atoms with Crippen molar-refractivity contribution in [1.29, 1.82) is 0 Å². The van der Waals surface area contributed by atoms with E-state index in [1.807, 2.05) is 13.2 Å². The van der Waals surface area contributed by atoms with Gasteiger partial charge in [0.1, 0.15) is 6.20 Å². The minimum absolute atomic E-state index is 0.0460. The third-order valence-electron chi connectivity index (χ3n) is 5.25. The van der Waals surface area contributed by atoms with E-state index in [9.17, 15) is 14.7 Å². The van der Waals surface area contributed by atoms with Crippen molar-refractivity contribution in [2.75, 3.05) is 13.6 Å². The molecule has 0 aromatic heterocycles. The van der Waals surface area contributed by atoms with E-state index in [1.54, 1.807) is 6.20 Å². The van der Waals surface area contributed by atoms with Crippen LogP contribution in [0.4, 0.5) is 4.79 Å². The number of quaternary nitrogens is 1. The average molecular weight is 353 g/mol. The second-order valence-corrected chi connectivity index (χ2v) is 7.60. The lowest BCUT2D eigenvalue weighted by Crippen LogP contribution is -2.45. The Morgan fingerprint density at radius 3 is 2.20 bits per heavy atom. The van der Waals surface area contributed by atoms with Crippen LogP contribution in [0.1, 0.15) is 84.0 Å². The fourth-order valence-corrected chi connectivity index (χ4v) is 3.44. The number of nitrogens with zero attached hydrogens (tertiary/aromatic N) is 1. The molecular weight excluding hydrogens is 316 g/mol. The SMILES string of the molecule is CCCCCCCCCCCC(CC[N+]1(C)C=CNC1=O)CC(=O)[O-]. The third kappa shape index (κ3) is 9.05. The van der Waals surface area contributed by atoms with Gasteiger partial charge in [0.15, 0.2) is 0 Å². The summed E-state index contributed by atoms with van der Waals surface area (Å²) in [4.78, 5) is 22.8. The third-order valence-corrected chi connectivity index (χ3v) is 5.25. The van der Waals surface area contributed by atoms with Gasteiger partial charge < -0.3 is 9.90 Å². The van der Waals surface area contributed by atoms with E-state index >= 15 is 0 Å². The molecule has 5 heteroatoms. The van der Waals surface area contributed by atoms with Crippen molar-refractivity contribution in [3.63, 3.8) is 0 Å². The van der Waals surface area contributed by atoms with Crippen LogP contribution in [-0.4, -0.2) is 30.1 Å². The maximum Gasteiger partial charge on any atom is 0.425 e. The first kappa shape index (κ1) is 21.7. The highest BCUT2D eigenvalue weighted by molar-refractivity contribution is 5.70. The van der Waals surface area contributed by atoms with E-state index in [4.69, 9.17) is 0 Å². The molecule has 0 aromatic rings. The molecule has 2 atom stereocenters. The van der Waals surface area contributed by atoms with Crippen molar-refractivity contribution in [2.45, 2.75) is 84.0 Å². The lowest BCUT2D eigenvalue weighted by Gasteiger charge is -2.25. The molecule has 2 amide bonds. The number of unbranched alkanes of at least 4 members (excludes halogenated alkanes) is 8. The highest BCUT2D eigenvalue weighted by atomic mass is 16.4. The van der Waals surface area contributed by atoms with Crippen LogP contribution in [0.5, 0.6) is 0 Å². The molecule has 1 aliphatic heterocycles. The number of amides is 2. The second-order valence-electron chi connectivity index (χ2n) is 7.60. The molecule has 0 saturated carbocycles. The van der Waals surface area contributed by atoms with Gasteiger partial charge in [0, 0.05) is 12.4 Å². The van der Waals surface area contributed by atoms with Crippen LogP contribution in [0.3, 0.4) is 0 Å². The lowest BCUT2D eigenvalue weighted by molar-refractivity contribution is -0.772. The van der Waals surface area contributed by atoms with Crippen molar-refractivity contribution in [3.8, 4) is 0 Å². The molecule has 0 bridgehead atoms. The second kappa shape index (κ2) is 12.1. The number of urea groups is 1. The number of nitrogens with one attached hydrogen (secondary N) is 1. The van der Waals surface area contributed by atoms with Crippen LogP contribution in [-0.2, 0) is 4.79 Å². The smallest absolute Gasteiger partial charge is 0.425 e. The van der Waals surface area contributed by atoms with Crippen molar-refractivity contribution < 1.29 is 19.2 Å². The van der Waals surface area contributed by atoms with Crippen LogP contribution in [0, 0.1) is 5.92 Å². The van der Waals surface area contributed by atoms with E-state index in [2.05, 4.69) is 12.2 Å². The van der Waals surface area contributed by atoms with Gasteiger partial charge in [0.05, 0.1) is 19.8 Å². The first-order chi connectivity index (χ1) is 12.0. The highest BCUT2D eigenvalue weighted by Crippen LogP contribution is 2.22. The number of hydrogen-bond acceptors (Lipinski definition) is 3. The summed E-state index contributed by atoms with van der Waals surface area (Å²) in [5.74, 6) is -0.878. The molecule has 0 radical (unpaired) electrons. The maximum atomic E-state index is 11.8. The Balaban J connectivity index is 2.19. The fraction of sp³-hybridized carbons (Fsp3) is 0.800. The number of aliphatic carboxylic acids is 1. The molecule has 25 heavy (non-hydrogen) atoms. The molecule has 0 fully saturated rings. The van der Waals surface area contributed by atoms with Crippen LogP contribution in [0.25, 0.3) is 0 Å². The normalized spacial score (nSPS) is 20.6. The first-order valence-corrected chi connectivity index (χ1v) is 10.0. The first-order valence-electron chi connectivity index (χ1n) is 10.0. The molecule has 0 aromatic carbocycles. The van der Waals surface area contributed by atoms with E-state index in [0.717, 1.165) is 19.3 Å². The van der Waals surface area contributed by atoms with Crippen molar-refractivity contribution in [3.05, 3.63) is 12.4 Å². The number of carboxylic acid groups (broad SMARTS) is 1. The predicted molar refractivity (Wildman–Crippen MR) is 98.3 cm³/mol. The predicted octanol–water partition coefficient (Wildman–Crippen LogP) is 3.69.